The molecule has 0 atom stereocenters. The van der Waals surface area contributed by atoms with Gasteiger partial charge < -0.3 is 0 Å². The normalized spacial score (nSPS) is 12.0. The Morgan fingerprint density at radius 1 is 0.917 bits per heavy atom. The summed E-state index contributed by atoms with van der Waals surface area (Å²) in [6.45, 7) is 4.12. The topological polar surface area (TPSA) is 54.4 Å². The van der Waals surface area contributed by atoms with Gasteiger partial charge in [-0.15, -0.1) is 0 Å². The number of rotatable bonds is 4. The Labute approximate surface area is 143 Å². The molecule has 0 saturated heterocycles. The van der Waals surface area contributed by atoms with E-state index in [2.05, 4.69) is 13.8 Å². The van der Waals surface area contributed by atoms with Crippen LogP contribution in [0.15, 0.2) is 65.6 Å². The maximum Gasteiger partial charge on any atom is 0.295 e. The Kier molecular flexibility index (Phi) is 4.43. The van der Waals surface area contributed by atoms with Crippen molar-refractivity contribution in [2.45, 2.75) is 31.1 Å². The van der Waals surface area contributed by atoms with Crippen LogP contribution in [-0.4, -0.2) is 13.0 Å². The molecule has 124 valence electrons. The molecular formula is C20H20O3S. The minimum absolute atomic E-state index is 0.0125. The van der Waals surface area contributed by atoms with Gasteiger partial charge in [-0.25, -0.2) is 0 Å². The molecule has 0 aliphatic heterocycles. The van der Waals surface area contributed by atoms with Gasteiger partial charge in [0.15, 0.2) is 0 Å². The highest BCUT2D eigenvalue weighted by Gasteiger charge is 2.23. The Balaban J connectivity index is 2.20. The summed E-state index contributed by atoms with van der Waals surface area (Å²) in [7, 11) is -4.27. The molecule has 3 rings (SSSR count). The third kappa shape index (κ3) is 3.35. The van der Waals surface area contributed by atoms with Gasteiger partial charge in [-0.1, -0.05) is 62.4 Å². The van der Waals surface area contributed by atoms with Gasteiger partial charge in [0.25, 0.3) is 10.1 Å². The lowest BCUT2D eigenvalue weighted by atomic mass is 10.0. The molecule has 3 nitrogen and oxygen atoms in total. The number of benzene rings is 1. The maximum atomic E-state index is 11.9. The highest BCUT2D eigenvalue weighted by Crippen LogP contribution is 2.37. The zero-order valence-corrected chi connectivity index (χ0v) is 14.5. The van der Waals surface area contributed by atoms with Crippen molar-refractivity contribution in [3.63, 3.8) is 0 Å². The van der Waals surface area contributed by atoms with Crippen LogP contribution >= 0.6 is 0 Å². The van der Waals surface area contributed by atoms with Crippen molar-refractivity contribution in [2.24, 2.45) is 0 Å². The molecule has 2 aliphatic carbocycles. The second-order valence-corrected chi connectivity index (χ2v) is 7.71. The molecule has 0 fully saturated rings. The summed E-state index contributed by atoms with van der Waals surface area (Å²) >= 11 is 0. The van der Waals surface area contributed by atoms with E-state index < -0.39 is 10.1 Å². The highest BCUT2D eigenvalue weighted by molar-refractivity contribution is 7.86. The van der Waals surface area contributed by atoms with Crippen LogP contribution < -0.4 is 0 Å². The van der Waals surface area contributed by atoms with E-state index in [0.717, 1.165) is 22.3 Å². The molecule has 2 aliphatic rings. The molecule has 0 amide bonds. The number of fused-ring (bicyclic) bond motifs is 1. The first-order valence-electron chi connectivity index (χ1n) is 7.93. The lowest BCUT2D eigenvalue weighted by molar-refractivity contribution is 0.484. The first kappa shape index (κ1) is 16.7. The van der Waals surface area contributed by atoms with Gasteiger partial charge in [-0.2, -0.15) is 8.42 Å². The number of hydrogen-bond donors (Lipinski definition) is 1. The zero-order chi connectivity index (χ0) is 17.3. The summed E-state index contributed by atoms with van der Waals surface area (Å²) < 4.78 is 33.4. The fourth-order valence-electron chi connectivity index (χ4n) is 2.97. The van der Waals surface area contributed by atoms with Crippen LogP contribution in [0.3, 0.4) is 0 Å². The van der Waals surface area contributed by atoms with Gasteiger partial charge in [0, 0.05) is 5.56 Å². The van der Waals surface area contributed by atoms with Gasteiger partial charge in [-0.05, 0) is 46.7 Å². The summed E-state index contributed by atoms with van der Waals surface area (Å²) in [5, 5.41) is 0. The van der Waals surface area contributed by atoms with Crippen molar-refractivity contribution in [1.82, 2.24) is 0 Å². The Hall–Kier alpha value is -2.17. The summed E-state index contributed by atoms with van der Waals surface area (Å²) in [5.41, 5.74) is 4.47. The van der Waals surface area contributed by atoms with Gasteiger partial charge in [0.2, 0.25) is 0 Å². The summed E-state index contributed by atoms with van der Waals surface area (Å²) in [5.74, 6) is 0.266. The van der Waals surface area contributed by atoms with E-state index in [4.69, 9.17) is 0 Å². The molecule has 0 unspecified atom stereocenters. The first-order chi connectivity index (χ1) is 11.4. The van der Waals surface area contributed by atoms with Crippen LogP contribution in [0.4, 0.5) is 0 Å². The predicted octanol–water partition coefficient (Wildman–Crippen LogP) is 4.75. The molecule has 24 heavy (non-hydrogen) atoms. The summed E-state index contributed by atoms with van der Waals surface area (Å²) in [6, 6.07) is 19.2. The van der Waals surface area contributed by atoms with E-state index in [9.17, 15) is 13.0 Å². The standard InChI is InChI=1S/C20H20O3S/c1-14(2)16-9-6-10-18-17(11-15-7-4-3-5-8-15)13-20(19(18)12-16)24(21,22)23/h3-10,12-14H,11H2,1-2H3,(H,21,22,23). The maximum absolute atomic E-state index is 11.9. The number of hydrogen-bond acceptors (Lipinski definition) is 2. The molecule has 0 heterocycles. The van der Waals surface area contributed by atoms with E-state index in [1.165, 1.54) is 0 Å². The van der Waals surface area contributed by atoms with Crippen molar-refractivity contribution >= 4 is 10.1 Å². The second-order valence-electron chi connectivity index (χ2n) is 6.32. The van der Waals surface area contributed by atoms with E-state index in [-0.39, 0.29) is 10.8 Å². The average molecular weight is 340 g/mol. The Morgan fingerprint density at radius 3 is 2.25 bits per heavy atom. The van der Waals surface area contributed by atoms with Crippen molar-refractivity contribution in [1.29, 1.82) is 0 Å². The van der Waals surface area contributed by atoms with Crippen LogP contribution in [0.5, 0.6) is 0 Å². The molecular weight excluding hydrogens is 320 g/mol. The van der Waals surface area contributed by atoms with E-state index in [1.807, 2.05) is 54.6 Å². The van der Waals surface area contributed by atoms with Crippen molar-refractivity contribution < 1.29 is 13.0 Å². The van der Waals surface area contributed by atoms with E-state index >= 15 is 0 Å². The van der Waals surface area contributed by atoms with Gasteiger partial charge in [0.1, 0.15) is 4.90 Å². The molecule has 0 spiro atoms. The first-order valence-corrected chi connectivity index (χ1v) is 9.37. The predicted molar refractivity (Wildman–Crippen MR) is 96.2 cm³/mol. The van der Waals surface area contributed by atoms with Crippen molar-refractivity contribution in [3.05, 3.63) is 77.4 Å². The van der Waals surface area contributed by atoms with Crippen LogP contribution in [0, 0.1) is 0 Å². The SMILES string of the molecule is CC(C)c1cccc2c(Cc3ccccc3)cc(S(=O)(=O)O)c-2c1. The smallest absolute Gasteiger partial charge is 0.282 e. The Bertz CT molecular complexity index is 928. The van der Waals surface area contributed by atoms with Crippen LogP contribution in [0.1, 0.15) is 36.5 Å². The van der Waals surface area contributed by atoms with E-state index in [0.29, 0.717) is 12.0 Å². The van der Waals surface area contributed by atoms with Crippen LogP contribution in [0.25, 0.3) is 11.1 Å². The highest BCUT2D eigenvalue weighted by atomic mass is 32.2. The lowest BCUT2D eigenvalue weighted by Crippen LogP contribution is -1.97. The molecule has 1 aromatic carbocycles. The van der Waals surface area contributed by atoms with Crippen molar-refractivity contribution in [3.8, 4) is 11.1 Å². The van der Waals surface area contributed by atoms with Gasteiger partial charge >= 0.3 is 0 Å². The minimum atomic E-state index is -4.27. The van der Waals surface area contributed by atoms with Crippen LogP contribution in [-0.2, 0) is 16.5 Å². The monoisotopic (exact) mass is 340 g/mol. The molecule has 0 radical (unpaired) electrons. The van der Waals surface area contributed by atoms with Crippen molar-refractivity contribution in [2.75, 3.05) is 0 Å². The minimum Gasteiger partial charge on any atom is -0.282 e. The van der Waals surface area contributed by atoms with Gasteiger partial charge in [-0.3, -0.25) is 4.55 Å². The molecule has 1 N–H and O–H groups in total. The zero-order valence-electron chi connectivity index (χ0n) is 13.7. The third-order valence-electron chi connectivity index (χ3n) is 4.25. The third-order valence-corrected chi connectivity index (χ3v) is 5.15. The Morgan fingerprint density at radius 2 is 1.62 bits per heavy atom. The molecule has 0 aromatic heterocycles. The lowest BCUT2D eigenvalue weighted by Gasteiger charge is -2.05. The fourth-order valence-corrected chi connectivity index (χ4v) is 3.71. The largest absolute Gasteiger partial charge is 0.295 e. The van der Waals surface area contributed by atoms with Gasteiger partial charge in [0.05, 0.1) is 0 Å². The molecule has 4 heteroatoms. The summed E-state index contributed by atoms with van der Waals surface area (Å²) in [4.78, 5) is -0.0125. The molecule has 0 saturated carbocycles. The average Bonchev–Trinajstić information content (AvgIpc) is 2.72. The quantitative estimate of drug-likeness (QED) is 0.697. The second kappa shape index (κ2) is 6.38. The molecule has 1 aromatic rings. The van der Waals surface area contributed by atoms with Crippen LogP contribution in [0.2, 0.25) is 0 Å². The van der Waals surface area contributed by atoms with E-state index in [1.54, 1.807) is 6.07 Å². The molecule has 0 bridgehead atoms. The fraction of sp³-hybridized carbons (Fsp3) is 0.200. The summed E-state index contributed by atoms with van der Waals surface area (Å²) in [6.07, 6.45) is 0.619.